The van der Waals surface area contributed by atoms with Gasteiger partial charge in [-0.2, -0.15) is 5.10 Å². The van der Waals surface area contributed by atoms with Gasteiger partial charge < -0.3 is 9.73 Å². The maximum atomic E-state index is 5.89. The Labute approximate surface area is 134 Å². The van der Waals surface area contributed by atoms with E-state index in [2.05, 4.69) is 36.4 Å². The molecule has 23 heavy (non-hydrogen) atoms. The third kappa shape index (κ3) is 2.79. The number of aromatic nitrogens is 4. The fourth-order valence-corrected chi connectivity index (χ4v) is 3.19. The van der Waals surface area contributed by atoms with Gasteiger partial charge in [-0.05, 0) is 45.0 Å². The molecule has 7 heteroatoms. The van der Waals surface area contributed by atoms with Crippen molar-refractivity contribution < 1.29 is 4.42 Å². The molecule has 1 aliphatic rings. The number of anilines is 1. The highest BCUT2D eigenvalue weighted by Gasteiger charge is 2.26. The number of fused-ring (bicyclic) bond motifs is 1. The summed E-state index contributed by atoms with van der Waals surface area (Å²) in [6, 6.07) is 4.31. The van der Waals surface area contributed by atoms with Gasteiger partial charge in [0.25, 0.3) is 0 Å². The topological polar surface area (TPSA) is 82.9 Å². The maximum Gasteiger partial charge on any atom is 0.160 e. The molecule has 1 atom stereocenters. The fourth-order valence-electron chi connectivity index (χ4n) is 3.19. The molecule has 7 nitrogen and oxygen atoms in total. The van der Waals surface area contributed by atoms with Crippen LogP contribution in [0.5, 0.6) is 0 Å². The van der Waals surface area contributed by atoms with Crippen molar-refractivity contribution in [3.8, 4) is 0 Å². The van der Waals surface area contributed by atoms with Gasteiger partial charge >= 0.3 is 0 Å². The average Bonchev–Trinajstić information content (AvgIpc) is 3.28. The van der Waals surface area contributed by atoms with E-state index >= 15 is 0 Å². The second-order valence-corrected chi connectivity index (χ2v) is 5.94. The van der Waals surface area contributed by atoms with Crippen molar-refractivity contribution in [2.75, 3.05) is 25.0 Å². The van der Waals surface area contributed by atoms with Crippen molar-refractivity contribution in [2.45, 2.75) is 25.8 Å². The van der Waals surface area contributed by atoms with E-state index in [4.69, 9.17) is 4.42 Å². The van der Waals surface area contributed by atoms with Crippen LogP contribution in [0.15, 0.2) is 29.1 Å². The zero-order valence-electron chi connectivity index (χ0n) is 13.1. The van der Waals surface area contributed by atoms with E-state index in [9.17, 15) is 0 Å². The number of furan rings is 1. The summed E-state index contributed by atoms with van der Waals surface area (Å²) in [7, 11) is 0. The minimum atomic E-state index is 0.211. The number of nitrogens with one attached hydrogen (secondary N) is 2. The predicted molar refractivity (Wildman–Crippen MR) is 87.2 cm³/mol. The van der Waals surface area contributed by atoms with Crippen LogP contribution in [0.4, 0.5) is 5.82 Å². The molecule has 120 valence electrons. The van der Waals surface area contributed by atoms with Crippen LogP contribution >= 0.6 is 0 Å². The van der Waals surface area contributed by atoms with E-state index in [-0.39, 0.29) is 6.04 Å². The standard InChI is InChI=1S/C16H20N6O/c1-11-4-5-14(23-11)13(22-6-2-3-7-22)9-17-15-12-8-20-21-16(12)19-10-18-15/h4-5,8,10,13H,2-3,6-7,9H2,1H3,(H2,17,18,19,20,21)/t13-/m1/s1. The molecular weight excluding hydrogens is 292 g/mol. The van der Waals surface area contributed by atoms with Crippen molar-refractivity contribution in [3.63, 3.8) is 0 Å². The lowest BCUT2D eigenvalue weighted by Gasteiger charge is -2.26. The molecule has 3 aromatic rings. The molecule has 1 saturated heterocycles. The van der Waals surface area contributed by atoms with Gasteiger partial charge in [-0.25, -0.2) is 9.97 Å². The lowest BCUT2D eigenvalue weighted by molar-refractivity contribution is 0.223. The van der Waals surface area contributed by atoms with Crippen LogP contribution in [0.2, 0.25) is 0 Å². The summed E-state index contributed by atoms with van der Waals surface area (Å²) in [5.74, 6) is 2.76. The molecule has 0 amide bonds. The summed E-state index contributed by atoms with van der Waals surface area (Å²) in [6.45, 7) is 4.94. The quantitative estimate of drug-likeness (QED) is 0.753. The second-order valence-electron chi connectivity index (χ2n) is 5.94. The Hall–Kier alpha value is -2.41. The van der Waals surface area contributed by atoms with Gasteiger partial charge in [-0.15, -0.1) is 0 Å². The summed E-state index contributed by atoms with van der Waals surface area (Å²) >= 11 is 0. The number of rotatable bonds is 5. The molecule has 0 aliphatic carbocycles. The van der Waals surface area contributed by atoms with Gasteiger partial charge in [0.15, 0.2) is 5.65 Å². The zero-order valence-corrected chi connectivity index (χ0v) is 13.1. The van der Waals surface area contributed by atoms with Crippen molar-refractivity contribution in [1.29, 1.82) is 0 Å². The molecule has 2 N–H and O–H groups in total. The lowest BCUT2D eigenvalue weighted by atomic mass is 10.2. The number of likely N-dealkylation sites (tertiary alicyclic amines) is 1. The number of nitrogens with zero attached hydrogens (tertiary/aromatic N) is 4. The first-order valence-corrected chi connectivity index (χ1v) is 7.99. The average molecular weight is 312 g/mol. The Morgan fingerprint density at radius 2 is 2.17 bits per heavy atom. The first-order chi connectivity index (χ1) is 11.3. The van der Waals surface area contributed by atoms with Gasteiger partial charge in [0.05, 0.1) is 17.6 Å². The van der Waals surface area contributed by atoms with Crippen molar-refractivity contribution in [1.82, 2.24) is 25.1 Å². The number of aryl methyl sites for hydroxylation is 1. The highest BCUT2D eigenvalue weighted by atomic mass is 16.3. The Morgan fingerprint density at radius 3 is 2.96 bits per heavy atom. The molecule has 0 bridgehead atoms. The Balaban J connectivity index is 1.56. The molecular formula is C16H20N6O. The van der Waals surface area contributed by atoms with Crippen molar-refractivity contribution in [2.24, 2.45) is 0 Å². The Kier molecular flexibility index (Phi) is 3.70. The maximum absolute atomic E-state index is 5.89. The molecule has 0 saturated carbocycles. The van der Waals surface area contributed by atoms with Crippen molar-refractivity contribution in [3.05, 3.63) is 36.2 Å². The molecule has 1 aliphatic heterocycles. The minimum Gasteiger partial charge on any atom is -0.465 e. The molecule has 4 rings (SSSR count). The fraction of sp³-hybridized carbons (Fsp3) is 0.438. The number of H-pyrrole nitrogens is 1. The largest absolute Gasteiger partial charge is 0.465 e. The smallest absolute Gasteiger partial charge is 0.160 e. The van der Waals surface area contributed by atoms with Gasteiger partial charge in [0.2, 0.25) is 0 Å². The van der Waals surface area contributed by atoms with E-state index in [1.807, 2.05) is 13.0 Å². The SMILES string of the molecule is Cc1ccc([C@@H](CNc2ncnc3[nH]ncc23)N2CCCC2)o1. The van der Waals surface area contributed by atoms with Crippen LogP contribution in [-0.4, -0.2) is 44.7 Å². The van der Waals surface area contributed by atoms with Crippen LogP contribution in [0.25, 0.3) is 11.0 Å². The van der Waals surface area contributed by atoms with Gasteiger partial charge in [0.1, 0.15) is 23.7 Å². The molecule has 0 spiro atoms. The third-order valence-corrected chi connectivity index (χ3v) is 4.38. The summed E-state index contributed by atoms with van der Waals surface area (Å²) in [4.78, 5) is 11.0. The van der Waals surface area contributed by atoms with Crippen LogP contribution in [-0.2, 0) is 0 Å². The summed E-state index contributed by atoms with van der Waals surface area (Å²) in [5.41, 5.74) is 0.745. The second kappa shape index (κ2) is 6.00. The first-order valence-electron chi connectivity index (χ1n) is 7.99. The van der Waals surface area contributed by atoms with Gasteiger partial charge in [-0.1, -0.05) is 0 Å². The normalized spacial score (nSPS) is 16.9. The van der Waals surface area contributed by atoms with Crippen LogP contribution in [0.3, 0.4) is 0 Å². The molecule has 1 fully saturated rings. The van der Waals surface area contributed by atoms with Crippen molar-refractivity contribution >= 4 is 16.9 Å². The van der Waals surface area contributed by atoms with Crippen LogP contribution < -0.4 is 5.32 Å². The minimum absolute atomic E-state index is 0.211. The summed E-state index contributed by atoms with van der Waals surface area (Å²) in [5, 5.41) is 11.3. The predicted octanol–water partition coefficient (Wildman–Crippen LogP) is 2.50. The summed E-state index contributed by atoms with van der Waals surface area (Å²) < 4.78 is 5.89. The molecule has 0 aromatic carbocycles. The van der Waals surface area contributed by atoms with E-state index in [0.717, 1.165) is 48.0 Å². The number of aromatic amines is 1. The van der Waals surface area contributed by atoms with E-state index in [1.165, 1.54) is 12.8 Å². The van der Waals surface area contributed by atoms with E-state index in [0.29, 0.717) is 0 Å². The first kappa shape index (κ1) is 14.2. The molecule has 4 heterocycles. The molecule has 3 aromatic heterocycles. The van der Waals surface area contributed by atoms with Crippen LogP contribution in [0.1, 0.15) is 30.4 Å². The van der Waals surface area contributed by atoms with Crippen LogP contribution in [0, 0.1) is 6.92 Å². The lowest BCUT2D eigenvalue weighted by Crippen LogP contribution is -2.31. The Morgan fingerprint density at radius 1 is 1.30 bits per heavy atom. The number of hydrogen-bond donors (Lipinski definition) is 2. The monoisotopic (exact) mass is 312 g/mol. The molecule has 0 radical (unpaired) electrons. The highest BCUT2D eigenvalue weighted by molar-refractivity contribution is 5.85. The zero-order chi connectivity index (χ0) is 15.6. The third-order valence-electron chi connectivity index (χ3n) is 4.38. The number of hydrogen-bond acceptors (Lipinski definition) is 6. The molecule has 0 unspecified atom stereocenters. The van der Waals surface area contributed by atoms with E-state index in [1.54, 1.807) is 12.5 Å². The van der Waals surface area contributed by atoms with Gasteiger partial charge in [0, 0.05) is 6.54 Å². The Bertz CT molecular complexity index is 789. The summed E-state index contributed by atoms with van der Waals surface area (Å²) in [6.07, 6.45) is 5.79. The van der Waals surface area contributed by atoms with E-state index < -0.39 is 0 Å². The highest BCUT2D eigenvalue weighted by Crippen LogP contribution is 2.27. The van der Waals surface area contributed by atoms with Gasteiger partial charge in [-0.3, -0.25) is 10.00 Å².